The number of carboxylic acids is 1. The summed E-state index contributed by atoms with van der Waals surface area (Å²) >= 11 is 1.04. The highest BCUT2D eigenvalue weighted by Crippen LogP contribution is 2.15. The van der Waals surface area contributed by atoms with Crippen LogP contribution in [0.2, 0.25) is 0 Å². The average Bonchev–Trinajstić information content (AvgIpc) is 2.72. The van der Waals surface area contributed by atoms with Gasteiger partial charge in [0.2, 0.25) is 5.91 Å². The van der Waals surface area contributed by atoms with Crippen LogP contribution < -0.4 is 10.6 Å². The lowest BCUT2D eigenvalue weighted by Gasteiger charge is -2.09. The van der Waals surface area contributed by atoms with E-state index in [2.05, 4.69) is 15.6 Å². The predicted molar refractivity (Wildman–Crippen MR) is 62.4 cm³/mol. The average molecular weight is 273 g/mol. The summed E-state index contributed by atoms with van der Waals surface area (Å²) in [6.45, 7) is 0.580. The number of amides is 2. The fourth-order valence-corrected chi connectivity index (χ4v) is 1.74. The maximum absolute atomic E-state index is 11.6. The van der Waals surface area contributed by atoms with E-state index >= 15 is 0 Å². The van der Waals surface area contributed by atoms with Gasteiger partial charge in [-0.25, -0.2) is 9.78 Å². The molecule has 0 bridgehead atoms. The molecule has 0 saturated heterocycles. The zero-order valence-corrected chi connectivity index (χ0v) is 10.2. The third-order valence-corrected chi connectivity index (χ3v) is 2.56. The smallest absolute Gasteiger partial charge is 0.328 e. The number of aromatic nitrogens is 1. The summed E-state index contributed by atoms with van der Waals surface area (Å²) in [4.78, 5) is 36.7. The van der Waals surface area contributed by atoms with E-state index in [4.69, 9.17) is 10.2 Å². The standard InChI is InChI=1S/C9H11N3O5S/c1-4(14)10-9-12-6(3-18-9)7(15)11-5(2-13)8(16)17/h3,5,13H,2H2,1H3,(H,11,15)(H,16,17)(H,10,12,14)/t5-/m1/s1. The fraction of sp³-hybridized carbons (Fsp3) is 0.333. The predicted octanol–water partition coefficient (Wildman–Crippen LogP) is -0.723. The zero-order valence-electron chi connectivity index (χ0n) is 9.34. The molecule has 0 unspecified atom stereocenters. The van der Waals surface area contributed by atoms with Crippen molar-refractivity contribution in [1.82, 2.24) is 10.3 Å². The number of carbonyl (C=O) groups is 3. The summed E-state index contributed by atoms with van der Waals surface area (Å²) in [7, 11) is 0. The van der Waals surface area contributed by atoms with Gasteiger partial charge in [-0.3, -0.25) is 9.59 Å². The summed E-state index contributed by atoms with van der Waals surface area (Å²) in [5, 5.41) is 23.5. The van der Waals surface area contributed by atoms with Gasteiger partial charge in [0.1, 0.15) is 5.69 Å². The van der Waals surface area contributed by atoms with Crippen molar-refractivity contribution in [3.05, 3.63) is 11.1 Å². The van der Waals surface area contributed by atoms with E-state index in [0.29, 0.717) is 0 Å². The minimum Gasteiger partial charge on any atom is -0.480 e. The summed E-state index contributed by atoms with van der Waals surface area (Å²) < 4.78 is 0. The molecule has 4 N–H and O–H groups in total. The molecule has 1 rings (SSSR count). The number of thiazole rings is 1. The van der Waals surface area contributed by atoms with Crippen LogP contribution in [-0.4, -0.2) is 45.6 Å². The second kappa shape index (κ2) is 6.07. The van der Waals surface area contributed by atoms with Gasteiger partial charge in [0.15, 0.2) is 11.2 Å². The first-order valence-electron chi connectivity index (χ1n) is 4.81. The van der Waals surface area contributed by atoms with Crippen molar-refractivity contribution in [2.45, 2.75) is 13.0 Å². The lowest BCUT2D eigenvalue weighted by atomic mass is 10.3. The summed E-state index contributed by atoms with van der Waals surface area (Å²) in [5.74, 6) is -2.40. The number of nitrogens with one attached hydrogen (secondary N) is 2. The van der Waals surface area contributed by atoms with Gasteiger partial charge in [0.05, 0.1) is 6.61 Å². The van der Waals surface area contributed by atoms with Crippen LogP contribution in [0.25, 0.3) is 0 Å². The molecule has 1 aromatic heterocycles. The molecule has 0 aliphatic carbocycles. The van der Waals surface area contributed by atoms with E-state index in [1.807, 2.05) is 0 Å². The lowest BCUT2D eigenvalue weighted by Crippen LogP contribution is -2.43. The van der Waals surface area contributed by atoms with Crippen LogP contribution in [0.15, 0.2) is 5.38 Å². The molecule has 0 spiro atoms. The molecule has 8 nitrogen and oxygen atoms in total. The first-order valence-corrected chi connectivity index (χ1v) is 5.69. The Morgan fingerprint density at radius 2 is 2.17 bits per heavy atom. The Balaban J connectivity index is 2.69. The van der Waals surface area contributed by atoms with Crippen molar-refractivity contribution in [3.8, 4) is 0 Å². The number of aliphatic carboxylic acids is 1. The molecule has 1 atom stereocenters. The van der Waals surface area contributed by atoms with Crippen molar-refractivity contribution >= 4 is 34.3 Å². The first-order chi connectivity index (χ1) is 8.43. The molecule has 98 valence electrons. The van der Waals surface area contributed by atoms with E-state index in [1.165, 1.54) is 12.3 Å². The Kier molecular flexibility index (Phi) is 4.75. The van der Waals surface area contributed by atoms with Gasteiger partial charge in [-0.05, 0) is 0 Å². The molecule has 18 heavy (non-hydrogen) atoms. The van der Waals surface area contributed by atoms with Crippen LogP contribution >= 0.6 is 11.3 Å². The fourth-order valence-electron chi connectivity index (χ4n) is 1.00. The number of hydrogen-bond donors (Lipinski definition) is 4. The first kappa shape index (κ1) is 14.1. The molecule has 1 aromatic rings. The van der Waals surface area contributed by atoms with Crippen LogP contribution in [-0.2, 0) is 9.59 Å². The molecule has 0 fully saturated rings. The molecular formula is C9H11N3O5S. The molecule has 0 saturated carbocycles. The van der Waals surface area contributed by atoms with Crippen molar-refractivity contribution in [1.29, 1.82) is 0 Å². The normalized spacial score (nSPS) is 11.7. The maximum Gasteiger partial charge on any atom is 0.328 e. The molecule has 0 radical (unpaired) electrons. The summed E-state index contributed by atoms with van der Waals surface area (Å²) in [6.07, 6.45) is 0. The Hall–Kier alpha value is -2.00. The molecule has 0 aliphatic rings. The third kappa shape index (κ3) is 3.79. The Bertz CT molecular complexity index is 473. The minimum atomic E-state index is -1.39. The van der Waals surface area contributed by atoms with Gasteiger partial charge < -0.3 is 20.8 Å². The minimum absolute atomic E-state index is 0.0246. The molecule has 0 aromatic carbocycles. The molecular weight excluding hydrogens is 262 g/mol. The molecule has 2 amide bonds. The van der Waals surface area contributed by atoms with E-state index in [0.717, 1.165) is 11.3 Å². The van der Waals surface area contributed by atoms with Crippen molar-refractivity contribution in [2.24, 2.45) is 0 Å². The zero-order chi connectivity index (χ0) is 13.7. The number of carboxylic acid groups (broad SMARTS) is 1. The highest BCUT2D eigenvalue weighted by Gasteiger charge is 2.21. The van der Waals surface area contributed by atoms with Gasteiger partial charge in [-0.2, -0.15) is 0 Å². The van der Waals surface area contributed by atoms with Crippen molar-refractivity contribution < 1.29 is 24.6 Å². The number of aliphatic hydroxyl groups excluding tert-OH is 1. The molecule has 9 heteroatoms. The van der Waals surface area contributed by atoms with Crippen LogP contribution in [0.5, 0.6) is 0 Å². The third-order valence-electron chi connectivity index (χ3n) is 1.81. The number of carbonyl (C=O) groups excluding carboxylic acids is 2. The Morgan fingerprint density at radius 3 is 2.67 bits per heavy atom. The van der Waals surface area contributed by atoms with Crippen LogP contribution in [0.1, 0.15) is 17.4 Å². The number of aliphatic hydroxyl groups is 1. The topological polar surface area (TPSA) is 129 Å². The van der Waals surface area contributed by atoms with Gasteiger partial charge >= 0.3 is 5.97 Å². The van der Waals surface area contributed by atoms with E-state index in [-0.39, 0.29) is 16.7 Å². The summed E-state index contributed by atoms with van der Waals surface area (Å²) in [6, 6.07) is -1.39. The largest absolute Gasteiger partial charge is 0.480 e. The molecule has 0 aliphatic heterocycles. The van der Waals surface area contributed by atoms with Crippen molar-refractivity contribution in [3.63, 3.8) is 0 Å². The number of nitrogens with zero attached hydrogens (tertiary/aromatic N) is 1. The number of hydrogen-bond acceptors (Lipinski definition) is 6. The highest BCUT2D eigenvalue weighted by atomic mass is 32.1. The Labute approximate surface area is 106 Å². The summed E-state index contributed by atoms with van der Waals surface area (Å²) in [5.41, 5.74) is -0.0246. The van der Waals surface area contributed by atoms with Gasteiger partial charge in [-0.15, -0.1) is 11.3 Å². The highest BCUT2D eigenvalue weighted by molar-refractivity contribution is 7.14. The van der Waals surface area contributed by atoms with Gasteiger partial charge in [-0.1, -0.05) is 0 Å². The monoisotopic (exact) mass is 273 g/mol. The van der Waals surface area contributed by atoms with E-state index in [1.54, 1.807) is 0 Å². The quantitative estimate of drug-likeness (QED) is 0.560. The van der Waals surface area contributed by atoms with E-state index in [9.17, 15) is 14.4 Å². The number of rotatable bonds is 5. The maximum atomic E-state index is 11.6. The second-order valence-electron chi connectivity index (χ2n) is 3.27. The Morgan fingerprint density at radius 1 is 1.50 bits per heavy atom. The van der Waals surface area contributed by atoms with Crippen LogP contribution in [0.3, 0.4) is 0 Å². The van der Waals surface area contributed by atoms with Gasteiger partial charge in [0, 0.05) is 12.3 Å². The molecule has 1 heterocycles. The van der Waals surface area contributed by atoms with Crippen LogP contribution in [0.4, 0.5) is 5.13 Å². The van der Waals surface area contributed by atoms with Gasteiger partial charge in [0.25, 0.3) is 5.91 Å². The lowest BCUT2D eigenvalue weighted by molar-refractivity contribution is -0.140. The van der Waals surface area contributed by atoms with Crippen molar-refractivity contribution in [2.75, 3.05) is 11.9 Å². The van der Waals surface area contributed by atoms with Crippen LogP contribution in [0, 0.1) is 0 Å². The second-order valence-corrected chi connectivity index (χ2v) is 4.12. The van der Waals surface area contributed by atoms with E-state index < -0.39 is 24.5 Å². The number of anilines is 1. The SMILES string of the molecule is CC(=O)Nc1nc(C(=O)N[C@H](CO)C(=O)O)cs1.